The summed E-state index contributed by atoms with van der Waals surface area (Å²) in [5.41, 5.74) is 0.296. The molecule has 1 heterocycles. The van der Waals surface area contributed by atoms with Crippen molar-refractivity contribution in [1.29, 1.82) is 0 Å². The number of carbonyl (C=O) groups is 1. The smallest absolute Gasteiger partial charge is 0.261 e. The maximum Gasteiger partial charge on any atom is 0.261 e. The van der Waals surface area contributed by atoms with Crippen molar-refractivity contribution in [2.24, 2.45) is 5.41 Å². The van der Waals surface area contributed by atoms with Crippen molar-refractivity contribution in [3.05, 3.63) is 20.8 Å². The maximum absolute atomic E-state index is 11.7. The Labute approximate surface area is 95.8 Å². The fourth-order valence-electron chi connectivity index (χ4n) is 1.38. The van der Waals surface area contributed by atoms with Crippen LogP contribution >= 0.6 is 27.3 Å². The molecule has 1 N–H and O–H groups in total. The molecule has 1 unspecified atom stereocenters. The van der Waals surface area contributed by atoms with Crippen molar-refractivity contribution in [2.75, 3.05) is 0 Å². The van der Waals surface area contributed by atoms with Crippen LogP contribution in [-0.2, 0) is 0 Å². The highest BCUT2D eigenvalue weighted by Gasteiger charge is 2.46. The molecule has 1 aromatic heterocycles. The van der Waals surface area contributed by atoms with E-state index in [4.69, 9.17) is 0 Å². The van der Waals surface area contributed by atoms with Crippen LogP contribution in [-0.4, -0.2) is 11.9 Å². The number of nitrogens with one attached hydrogen (secondary N) is 1. The van der Waals surface area contributed by atoms with Gasteiger partial charge in [-0.05, 0) is 39.9 Å². The van der Waals surface area contributed by atoms with Gasteiger partial charge in [0, 0.05) is 6.04 Å². The molecule has 1 aromatic rings. The predicted octanol–water partition coefficient (Wildman–Crippen LogP) is 3.04. The minimum Gasteiger partial charge on any atom is -0.348 e. The lowest BCUT2D eigenvalue weighted by atomic mass is 10.2. The van der Waals surface area contributed by atoms with Crippen LogP contribution in [0.4, 0.5) is 0 Å². The highest BCUT2D eigenvalue weighted by molar-refractivity contribution is 9.11. The molecule has 0 spiro atoms. The van der Waals surface area contributed by atoms with Crippen molar-refractivity contribution in [3.63, 3.8) is 0 Å². The van der Waals surface area contributed by atoms with Gasteiger partial charge in [0.2, 0.25) is 0 Å². The molecule has 0 bridgehead atoms. The first-order valence-electron chi connectivity index (χ1n) is 4.55. The Morgan fingerprint density at radius 2 is 2.29 bits per heavy atom. The van der Waals surface area contributed by atoms with Crippen molar-refractivity contribution >= 4 is 33.2 Å². The Kier molecular flexibility index (Phi) is 2.43. The third-order valence-corrected chi connectivity index (χ3v) is 4.24. The van der Waals surface area contributed by atoms with E-state index in [2.05, 4.69) is 35.1 Å². The van der Waals surface area contributed by atoms with E-state index in [0.29, 0.717) is 11.5 Å². The summed E-state index contributed by atoms with van der Waals surface area (Å²) in [6, 6.07) is 4.10. The molecule has 14 heavy (non-hydrogen) atoms. The third-order valence-electron chi connectivity index (χ3n) is 2.62. The molecular weight excluding hydrogens is 262 g/mol. The van der Waals surface area contributed by atoms with E-state index < -0.39 is 0 Å². The second-order valence-corrected chi connectivity index (χ2v) is 6.79. The average Bonchev–Trinajstić information content (AvgIpc) is 2.52. The number of hydrogen-bond acceptors (Lipinski definition) is 2. The van der Waals surface area contributed by atoms with Crippen molar-refractivity contribution in [1.82, 2.24) is 5.32 Å². The molecule has 1 saturated carbocycles. The van der Waals surface area contributed by atoms with E-state index in [9.17, 15) is 4.79 Å². The summed E-state index contributed by atoms with van der Waals surface area (Å²) in [6.45, 7) is 4.34. The highest BCUT2D eigenvalue weighted by atomic mass is 79.9. The van der Waals surface area contributed by atoms with Crippen LogP contribution in [0.2, 0.25) is 0 Å². The second-order valence-electron chi connectivity index (χ2n) is 4.32. The zero-order chi connectivity index (χ0) is 10.3. The summed E-state index contributed by atoms with van der Waals surface area (Å²) >= 11 is 4.81. The zero-order valence-electron chi connectivity index (χ0n) is 8.13. The number of thiophene rings is 1. The molecule has 1 fully saturated rings. The van der Waals surface area contributed by atoms with Gasteiger partial charge >= 0.3 is 0 Å². The monoisotopic (exact) mass is 273 g/mol. The quantitative estimate of drug-likeness (QED) is 0.882. The van der Waals surface area contributed by atoms with Crippen molar-refractivity contribution in [2.45, 2.75) is 26.3 Å². The van der Waals surface area contributed by atoms with Gasteiger partial charge in [0.25, 0.3) is 5.91 Å². The van der Waals surface area contributed by atoms with E-state index >= 15 is 0 Å². The van der Waals surface area contributed by atoms with Gasteiger partial charge in [0.1, 0.15) is 0 Å². The summed E-state index contributed by atoms with van der Waals surface area (Å²) in [7, 11) is 0. The zero-order valence-corrected chi connectivity index (χ0v) is 10.5. The Hall–Kier alpha value is -0.350. The molecule has 0 radical (unpaired) electrons. The van der Waals surface area contributed by atoms with Crippen LogP contribution in [0.5, 0.6) is 0 Å². The molecule has 1 aliphatic rings. The van der Waals surface area contributed by atoms with Crippen LogP contribution < -0.4 is 5.32 Å². The van der Waals surface area contributed by atoms with Gasteiger partial charge in [-0.15, -0.1) is 11.3 Å². The van der Waals surface area contributed by atoms with E-state index in [0.717, 1.165) is 15.1 Å². The van der Waals surface area contributed by atoms with Gasteiger partial charge in [-0.3, -0.25) is 4.79 Å². The first-order valence-corrected chi connectivity index (χ1v) is 6.16. The molecule has 2 rings (SSSR count). The summed E-state index contributed by atoms with van der Waals surface area (Å²) in [6.07, 6.45) is 1.09. The molecule has 0 saturated heterocycles. The summed E-state index contributed by atoms with van der Waals surface area (Å²) in [5.74, 6) is 0.0521. The first-order chi connectivity index (χ1) is 6.49. The SMILES string of the molecule is CC1(C)CC1NC(=O)c1ccc(Br)s1. The van der Waals surface area contributed by atoms with Crippen LogP contribution in [0, 0.1) is 5.41 Å². The van der Waals surface area contributed by atoms with Crippen LogP contribution in [0.25, 0.3) is 0 Å². The predicted molar refractivity (Wildman–Crippen MR) is 61.7 cm³/mol. The van der Waals surface area contributed by atoms with Gasteiger partial charge in [-0.25, -0.2) is 0 Å². The molecular formula is C10H12BrNOS. The van der Waals surface area contributed by atoms with E-state index in [1.807, 2.05) is 12.1 Å². The Bertz CT molecular complexity index is 372. The van der Waals surface area contributed by atoms with Crippen LogP contribution in [0.1, 0.15) is 29.9 Å². The van der Waals surface area contributed by atoms with Crippen LogP contribution in [0.3, 0.4) is 0 Å². The minimum atomic E-state index is 0.0521. The van der Waals surface area contributed by atoms with E-state index in [-0.39, 0.29) is 5.91 Å². The summed E-state index contributed by atoms with van der Waals surface area (Å²) in [5, 5.41) is 3.02. The largest absolute Gasteiger partial charge is 0.348 e. The lowest BCUT2D eigenvalue weighted by molar-refractivity contribution is 0.0950. The molecule has 1 aliphatic carbocycles. The summed E-state index contributed by atoms with van der Waals surface area (Å²) < 4.78 is 0.998. The fraction of sp³-hybridized carbons (Fsp3) is 0.500. The normalized spacial score (nSPS) is 23.2. The summed E-state index contributed by atoms with van der Waals surface area (Å²) in [4.78, 5) is 12.5. The van der Waals surface area contributed by atoms with Crippen molar-refractivity contribution in [3.8, 4) is 0 Å². The fourth-order valence-corrected chi connectivity index (χ4v) is 2.67. The molecule has 2 nitrogen and oxygen atoms in total. The second kappa shape index (κ2) is 3.35. The van der Waals surface area contributed by atoms with Gasteiger partial charge < -0.3 is 5.32 Å². The van der Waals surface area contributed by atoms with Crippen LogP contribution in [0.15, 0.2) is 15.9 Å². The average molecular weight is 274 g/mol. The third kappa shape index (κ3) is 2.01. The number of rotatable bonds is 2. The number of halogens is 1. The lowest BCUT2D eigenvalue weighted by Gasteiger charge is -2.04. The Morgan fingerprint density at radius 1 is 1.64 bits per heavy atom. The standard InChI is InChI=1S/C10H12BrNOS/c1-10(2)5-7(10)12-9(13)6-3-4-8(11)14-6/h3-4,7H,5H2,1-2H3,(H,12,13). The van der Waals surface area contributed by atoms with Crippen molar-refractivity contribution < 1.29 is 4.79 Å². The molecule has 1 atom stereocenters. The number of carbonyl (C=O) groups excluding carboxylic acids is 1. The lowest BCUT2D eigenvalue weighted by Crippen LogP contribution is -2.27. The molecule has 0 aliphatic heterocycles. The van der Waals surface area contributed by atoms with Gasteiger partial charge in [0.15, 0.2) is 0 Å². The number of amides is 1. The minimum absolute atomic E-state index is 0.0521. The topological polar surface area (TPSA) is 29.1 Å². The maximum atomic E-state index is 11.7. The van der Waals surface area contributed by atoms with E-state index in [1.54, 1.807) is 0 Å². The van der Waals surface area contributed by atoms with Gasteiger partial charge in [-0.1, -0.05) is 13.8 Å². The molecule has 1 amide bonds. The van der Waals surface area contributed by atoms with E-state index in [1.165, 1.54) is 11.3 Å². The molecule has 76 valence electrons. The molecule has 4 heteroatoms. The van der Waals surface area contributed by atoms with Gasteiger partial charge in [0.05, 0.1) is 8.66 Å². The first kappa shape index (κ1) is 10.2. The molecule has 0 aromatic carbocycles. The Balaban J connectivity index is 1.97. The van der Waals surface area contributed by atoms with Gasteiger partial charge in [-0.2, -0.15) is 0 Å². The highest BCUT2D eigenvalue weighted by Crippen LogP contribution is 2.44. The Morgan fingerprint density at radius 3 is 2.71 bits per heavy atom. The number of hydrogen-bond donors (Lipinski definition) is 1.